The molecule has 0 saturated carbocycles. The summed E-state index contributed by atoms with van der Waals surface area (Å²) in [5, 5.41) is 6.49. The van der Waals surface area contributed by atoms with Crippen molar-refractivity contribution in [3.8, 4) is 0 Å². The lowest BCUT2D eigenvalue weighted by Gasteiger charge is -2.13. The van der Waals surface area contributed by atoms with E-state index in [1.165, 1.54) is 17.7 Å². The van der Waals surface area contributed by atoms with Crippen molar-refractivity contribution in [3.63, 3.8) is 0 Å². The first-order valence-corrected chi connectivity index (χ1v) is 7.43. The summed E-state index contributed by atoms with van der Waals surface area (Å²) in [6.45, 7) is 4.38. The van der Waals surface area contributed by atoms with E-state index in [1.807, 2.05) is 12.1 Å². The van der Waals surface area contributed by atoms with Gasteiger partial charge in [0.05, 0.1) is 0 Å². The highest BCUT2D eigenvalue weighted by Gasteiger charge is 2.04. The van der Waals surface area contributed by atoms with E-state index in [0.29, 0.717) is 16.7 Å². The zero-order chi connectivity index (χ0) is 15.2. The van der Waals surface area contributed by atoms with Crippen molar-refractivity contribution in [1.29, 1.82) is 0 Å². The van der Waals surface area contributed by atoms with Gasteiger partial charge in [0.2, 0.25) is 0 Å². The molecule has 2 rings (SSSR count). The lowest BCUT2D eigenvalue weighted by molar-refractivity contribution is 0.628. The SMILES string of the molecule is CCC(C)c1ccc(NC(=S)Nc2cccc(F)c2)cc1. The van der Waals surface area contributed by atoms with Crippen LogP contribution in [0, 0.1) is 5.82 Å². The third-order valence-electron chi connectivity index (χ3n) is 3.43. The molecule has 0 saturated heterocycles. The highest BCUT2D eigenvalue weighted by atomic mass is 32.1. The smallest absolute Gasteiger partial charge is 0.175 e. The number of rotatable bonds is 4. The maximum Gasteiger partial charge on any atom is 0.175 e. The van der Waals surface area contributed by atoms with Gasteiger partial charge in [0.1, 0.15) is 5.82 Å². The van der Waals surface area contributed by atoms with Crippen LogP contribution in [0.25, 0.3) is 0 Å². The molecule has 0 radical (unpaired) electrons. The Morgan fingerprint density at radius 1 is 1.10 bits per heavy atom. The predicted molar refractivity (Wildman–Crippen MR) is 91.4 cm³/mol. The van der Waals surface area contributed by atoms with Crippen LogP contribution in [0.1, 0.15) is 31.7 Å². The van der Waals surface area contributed by atoms with E-state index in [1.54, 1.807) is 12.1 Å². The molecule has 0 bridgehead atoms. The highest BCUT2D eigenvalue weighted by Crippen LogP contribution is 2.20. The summed E-state index contributed by atoms with van der Waals surface area (Å²) in [5.41, 5.74) is 2.85. The van der Waals surface area contributed by atoms with Crippen molar-refractivity contribution < 1.29 is 4.39 Å². The zero-order valence-corrected chi connectivity index (χ0v) is 13.0. The number of anilines is 2. The van der Waals surface area contributed by atoms with E-state index < -0.39 is 0 Å². The molecule has 2 aromatic rings. The fourth-order valence-electron chi connectivity index (χ4n) is 1.99. The molecular formula is C17H19FN2S. The van der Waals surface area contributed by atoms with Gasteiger partial charge in [0.15, 0.2) is 5.11 Å². The van der Waals surface area contributed by atoms with Gasteiger partial charge in [-0.2, -0.15) is 0 Å². The van der Waals surface area contributed by atoms with Crippen molar-refractivity contribution in [2.75, 3.05) is 10.6 Å². The molecule has 0 heterocycles. The summed E-state index contributed by atoms with van der Waals surface area (Å²) in [4.78, 5) is 0. The number of benzene rings is 2. The van der Waals surface area contributed by atoms with E-state index in [2.05, 4.69) is 36.6 Å². The topological polar surface area (TPSA) is 24.1 Å². The Hall–Kier alpha value is -1.94. The third kappa shape index (κ3) is 4.53. The average Bonchev–Trinajstić information content (AvgIpc) is 2.47. The van der Waals surface area contributed by atoms with Crippen LogP contribution in [-0.4, -0.2) is 5.11 Å². The molecule has 0 aliphatic carbocycles. The van der Waals surface area contributed by atoms with E-state index in [-0.39, 0.29) is 5.82 Å². The van der Waals surface area contributed by atoms with Crippen LogP contribution in [-0.2, 0) is 0 Å². The van der Waals surface area contributed by atoms with Crippen LogP contribution < -0.4 is 10.6 Å². The Balaban J connectivity index is 1.96. The number of halogens is 1. The fourth-order valence-corrected chi connectivity index (χ4v) is 2.23. The number of nitrogens with one attached hydrogen (secondary N) is 2. The lowest BCUT2D eigenvalue weighted by atomic mass is 9.99. The van der Waals surface area contributed by atoms with Gasteiger partial charge in [-0.25, -0.2) is 4.39 Å². The average molecular weight is 302 g/mol. The van der Waals surface area contributed by atoms with Crippen molar-refractivity contribution in [2.24, 2.45) is 0 Å². The fraction of sp³-hybridized carbons (Fsp3) is 0.235. The maximum absolute atomic E-state index is 13.1. The molecule has 2 nitrogen and oxygen atoms in total. The Morgan fingerprint density at radius 2 is 1.76 bits per heavy atom. The second-order valence-electron chi connectivity index (χ2n) is 5.02. The molecule has 0 spiro atoms. The van der Waals surface area contributed by atoms with Crippen molar-refractivity contribution in [2.45, 2.75) is 26.2 Å². The predicted octanol–water partition coefficient (Wildman–Crippen LogP) is 5.15. The summed E-state index contributed by atoms with van der Waals surface area (Å²) in [6.07, 6.45) is 1.12. The molecule has 2 aromatic carbocycles. The molecule has 4 heteroatoms. The second kappa shape index (κ2) is 7.18. The first-order valence-electron chi connectivity index (χ1n) is 7.02. The van der Waals surface area contributed by atoms with Gasteiger partial charge in [0, 0.05) is 11.4 Å². The van der Waals surface area contributed by atoms with Gasteiger partial charge >= 0.3 is 0 Å². The van der Waals surface area contributed by atoms with Crippen molar-refractivity contribution in [3.05, 3.63) is 59.9 Å². The van der Waals surface area contributed by atoms with E-state index in [0.717, 1.165) is 12.1 Å². The van der Waals surface area contributed by atoms with Crippen LogP contribution in [0.15, 0.2) is 48.5 Å². The molecule has 0 aliphatic rings. The zero-order valence-electron chi connectivity index (χ0n) is 12.2. The standard InChI is InChI=1S/C17H19FN2S/c1-3-12(2)13-7-9-15(10-8-13)19-17(21)20-16-6-4-5-14(18)11-16/h4-12H,3H2,1-2H3,(H2,19,20,21). The molecule has 1 atom stereocenters. The van der Waals surface area contributed by atoms with Gasteiger partial charge in [-0.15, -0.1) is 0 Å². The maximum atomic E-state index is 13.1. The highest BCUT2D eigenvalue weighted by molar-refractivity contribution is 7.80. The van der Waals surface area contributed by atoms with E-state index in [4.69, 9.17) is 12.2 Å². The second-order valence-corrected chi connectivity index (χ2v) is 5.43. The minimum atomic E-state index is -0.291. The first-order chi connectivity index (χ1) is 10.1. The van der Waals surface area contributed by atoms with Gasteiger partial charge in [-0.05, 0) is 60.5 Å². The normalized spacial score (nSPS) is 11.8. The Labute approximate surface area is 130 Å². The summed E-state index contributed by atoms with van der Waals surface area (Å²) in [5.74, 6) is 0.261. The van der Waals surface area contributed by atoms with Crippen LogP contribution in [0.4, 0.5) is 15.8 Å². The molecule has 0 fully saturated rings. The van der Waals surface area contributed by atoms with Gasteiger partial charge in [0.25, 0.3) is 0 Å². The quantitative estimate of drug-likeness (QED) is 0.764. The van der Waals surface area contributed by atoms with Crippen molar-refractivity contribution in [1.82, 2.24) is 0 Å². The number of hydrogen-bond donors (Lipinski definition) is 2. The molecule has 2 N–H and O–H groups in total. The van der Waals surface area contributed by atoms with Crippen LogP contribution in [0.5, 0.6) is 0 Å². The molecule has 0 aliphatic heterocycles. The largest absolute Gasteiger partial charge is 0.332 e. The molecule has 1 unspecified atom stereocenters. The van der Waals surface area contributed by atoms with E-state index >= 15 is 0 Å². The Bertz CT molecular complexity index is 610. The van der Waals surface area contributed by atoms with Crippen molar-refractivity contribution >= 4 is 28.7 Å². The molecule has 0 aromatic heterocycles. The van der Waals surface area contributed by atoms with Crippen LogP contribution in [0.3, 0.4) is 0 Å². The summed E-state index contributed by atoms with van der Waals surface area (Å²) in [6, 6.07) is 14.4. The van der Waals surface area contributed by atoms with E-state index in [9.17, 15) is 4.39 Å². The lowest BCUT2D eigenvalue weighted by Crippen LogP contribution is -2.19. The number of hydrogen-bond acceptors (Lipinski definition) is 1. The Morgan fingerprint density at radius 3 is 2.38 bits per heavy atom. The minimum Gasteiger partial charge on any atom is -0.332 e. The minimum absolute atomic E-state index is 0.291. The van der Waals surface area contributed by atoms with Gasteiger partial charge in [-0.1, -0.05) is 32.0 Å². The summed E-state index contributed by atoms with van der Waals surface area (Å²) >= 11 is 5.22. The van der Waals surface area contributed by atoms with Gasteiger partial charge in [-0.3, -0.25) is 0 Å². The van der Waals surface area contributed by atoms with Crippen LogP contribution >= 0.6 is 12.2 Å². The molecule has 21 heavy (non-hydrogen) atoms. The van der Waals surface area contributed by atoms with Crippen LogP contribution in [0.2, 0.25) is 0 Å². The molecular weight excluding hydrogens is 283 g/mol. The summed E-state index contributed by atoms with van der Waals surface area (Å²) in [7, 11) is 0. The monoisotopic (exact) mass is 302 g/mol. The first kappa shape index (κ1) is 15.4. The molecule has 0 amide bonds. The summed E-state index contributed by atoms with van der Waals surface area (Å²) < 4.78 is 13.1. The molecule has 110 valence electrons. The Kier molecular flexibility index (Phi) is 5.28. The van der Waals surface area contributed by atoms with Gasteiger partial charge < -0.3 is 10.6 Å². The number of thiocarbonyl (C=S) groups is 1. The third-order valence-corrected chi connectivity index (χ3v) is 3.64.